The van der Waals surface area contributed by atoms with E-state index >= 15 is 0 Å². The first-order valence-corrected chi connectivity index (χ1v) is 8.02. The molecule has 5 heteroatoms. The van der Waals surface area contributed by atoms with E-state index in [0.29, 0.717) is 0 Å². The zero-order valence-electron chi connectivity index (χ0n) is 13.5. The molecule has 0 bridgehead atoms. The van der Waals surface area contributed by atoms with E-state index in [-0.39, 0.29) is 12.5 Å². The standard InChI is InChI=1S/C17H25N3O2/c1-3-19(4-2)16-9-7-15(8-10-16)13-18-22-14-17(21)20-11-5-6-12-20/h7-10,13H,3-6,11-12,14H2,1-2H3/b18-13+. The van der Waals surface area contributed by atoms with E-state index in [2.05, 4.69) is 36.0 Å². The smallest absolute Gasteiger partial charge is 0.263 e. The van der Waals surface area contributed by atoms with Crippen LogP contribution in [-0.4, -0.2) is 49.8 Å². The second kappa shape index (κ2) is 8.41. The van der Waals surface area contributed by atoms with Crippen LogP contribution in [0.5, 0.6) is 0 Å². The Balaban J connectivity index is 1.79. The molecule has 1 aromatic rings. The first-order chi connectivity index (χ1) is 10.7. The molecule has 1 aromatic carbocycles. The number of oxime groups is 1. The van der Waals surface area contributed by atoms with E-state index in [0.717, 1.165) is 44.6 Å². The van der Waals surface area contributed by atoms with Crippen LogP contribution >= 0.6 is 0 Å². The van der Waals surface area contributed by atoms with Crippen LogP contribution in [0, 0.1) is 0 Å². The maximum absolute atomic E-state index is 11.8. The number of carbonyl (C=O) groups excluding carboxylic acids is 1. The van der Waals surface area contributed by atoms with Crippen molar-refractivity contribution in [2.24, 2.45) is 5.16 Å². The second-order valence-electron chi connectivity index (χ2n) is 5.36. The monoisotopic (exact) mass is 303 g/mol. The highest BCUT2D eigenvalue weighted by Gasteiger charge is 2.17. The van der Waals surface area contributed by atoms with Gasteiger partial charge in [-0.1, -0.05) is 17.3 Å². The van der Waals surface area contributed by atoms with Crippen LogP contribution in [0.2, 0.25) is 0 Å². The number of carbonyl (C=O) groups is 1. The van der Waals surface area contributed by atoms with E-state index in [4.69, 9.17) is 4.84 Å². The first kappa shape index (κ1) is 16.3. The molecule has 1 heterocycles. The number of rotatable bonds is 7. The number of likely N-dealkylation sites (tertiary alicyclic amines) is 1. The molecule has 0 radical (unpaired) electrons. The third-order valence-corrected chi connectivity index (χ3v) is 3.94. The molecule has 1 aliphatic heterocycles. The van der Waals surface area contributed by atoms with Gasteiger partial charge in [-0.15, -0.1) is 0 Å². The molecule has 0 saturated carbocycles. The van der Waals surface area contributed by atoms with Gasteiger partial charge in [-0.05, 0) is 44.4 Å². The van der Waals surface area contributed by atoms with Crippen LogP contribution in [-0.2, 0) is 9.63 Å². The fourth-order valence-corrected chi connectivity index (χ4v) is 2.61. The van der Waals surface area contributed by atoms with Gasteiger partial charge < -0.3 is 14.6 Å². The molecule has 0 aromatic heterocycles. The number of hydrogen-bond donors (Lipinski definition) is 0. The third kappa shape index (κ3) is 4.48. The van der Waals surface area contributed by atoms with Crippen LogP contribution in [0.1, 0.15) is 32.3 Å². The highest BCUT2D eigenvalue weighted by Crippen LogP contribution is 2.14. The highest BCUT2D eigenvalue weighted by molar-refractivity contribution is 5.80. The van der Waals surface area contributed by atoms with E-state index in [1.54, 1.807) is 6.21 Å². The van der Waals surface area contributed by atoms with Crippen molar-refractivity contribution in [3.05, 3.63) is 29.8 Å². The largest absolute Gasteiger partial charge is 0.386 e. The Morgan fingerprint density at radius 3 is 2.45 bits per heavy atom. The summed E-state index contributed by atoms with van der Waals surface area (Å²) in [7, 11) is 0. The van der Waals surface area contributed by atoms with Crippen LogP contribution < -0.4 is 4.90 Å². The number of amides is 1. The molecule has 1 aliphatic rings. The number of benzene rings is 1. The lowest BCUT2D eigenvalue weighted by Crippen LogP contribution is -2.30. The minimum Gasteiger partial charge on any atom is -0.386 e. The molecule has 120 valence electrons. The zero-order chi connectivity index (χ0) is 15.8. The Hall–Kier alpha value is -2.04. The van der Waals surface area contributed by atoms with Crippen LogP contribution in [0.3, 0.4) is 0 Å². The quantitative estimate of drug-likeness (QED) is 0.574. The van der Waals surface area contributed by atoms with E-state index in [1.165, 1.54) is 5.69 Å². The summed E-state index contributed by atoms with van der Waals surface area (Å²) < 4.78 is 0. The average Bonchev–Trinajstić information content (AvgIpc) is 3.08. The van der Waals surface area contributed by atoms with Crippen LogP contribution in [0.15, 0.2) is 29.4 Å². The van der Waals surface area contributed by atoms with Gasteiger partial charge in [0.05, 0.1) is 6.21 Å². The van der Waals surface area contributed by atoms with Gasteiger partial charge in [0, 0.05) is 31.9 Å². The molecule has 0 aliphatic carbocycles. The predicted molar refractivity (Wildman–Crippen MR) is 89.4 cm³/mol. The average molecular weight is 303 g/mol. The Kier molecular flexibility index (Phi) is 6.25. The Morgan fingerprint density at radius 1 is 1.23 bits per heavy atom. The summed E-state index contributed by atoms with van der Waals surface area (Å²) in [6.45, 7) is 7.98. The lowest BCUT2D eigenvalue weighted by molar-refractivity contribution is -0.134. The van der Waals surface area contributed by atoms with Crippen molar-refractivity contribution in [1.82, 2.24) is 4.90 Å². The molecule has 1 saturated heterocycles. The van der Waals surface area contributed by atoms with E-state index in [9.17, 15) is 4.79 Å². The first-order valence-electron chi connectivity index (χ1n) is 8.02. The van der Waals surface area contributed by atoms with Crippen LogP contribution in [0.4, 0.5) is 5.69 Å². The number of nitrogens with zero attached hydrogens (tertiary/aromatic N) is 3. The van der Waals surface area contributed by atoms with Crippen molar-refractivity contribution in [3.63, 3.8) is 0 Å². The fraction of sp³-hybridized carbons (Fsp3) is 0.529. The predicted octanol–water partition coefficient (Wildman–Crippen LogP) is 2.51. The lowest BCUT2D eigenvalue weighted by Gasteiger charge is -2.20. The van der Waals surface area contributed by atoms with Gasteiger partial charge in [0.25, 0.3) is 5.91 Å². The van der Waals surface area contributed by atoms with E-state index in [1.807, 2.05) is 17.0 Å². The van der Waals surface area contributed by atoms with Crippen molar-refractivity contribution < 1.29 is 9.63 Å². The van der Waals surface area contributed by atoms with Crippen molar-refractivity contribution >= 4 is 17.8 Å². The van der Waals surface area contributed by atoms with Gasteiger partial charge >= 0.3 is 0 Å². The summed E-state index contributed by atoms with van der Waals surface area (Å²) in [6.07, 6.45) is 3.82. The topological polar surface area (TPSA) is 45.1 Å². The molecule has 5 nitrogen and oxygen atoms in total. The maximum atomic E-state index is 11.8. The normalized spacial score (nSPS) is 14.5. The van der Waals surface area contributed by atoms with Crippen molar-refractivity contribution in [2.45, 2.75) is 26.7 Å². The van der Waals surface area contributed by atoms with Gasteiger partial charge in [0.2, 0.25) is 0 Å². The van der Waals surface area contributed by atoms with E-state index < -0.39 is 0 Å². The van der Waals surface area contributed by atoms with Gasteiger partial charge in [-0.2, -0.15) is 0 Å². The summed E-state index contributed by atoms with van der Waals surface area (Å²) in [5.74, 6) is 0.0199. The Morgan fingerprint density at radius 2 is 1.86 bits per heavy atom. The fourth-order valence-electron chi connectivity index (χ4n) is 2.61. The molecule has 2 rings (SSSR count). The van der Waals surface area contributed by atoms with Gasteiger partial charge in [-0.25, -0.2) is 0 Å². The molecule has 1 fully saturated rings. The minimum absolute atomic E-state index is 0.0199. The summed E-state index contributed by atoms with van der Waals surface area (Å²) in [4.78, 5) is 21.0. The molecule has 22 heavy (non-hydrogen) atoms. The van der Waals surface area contributed by atoms with Crippen molar-refractivity contribution in [1.29, 1.82) is 0 Å². The molecule has 0 N–H and O–H groups in total. The molecule has 0 atom stereocenters. The summed E-state index contributed by atoms with van der Waals surface area (Å²) in [5.41, 5.74) is 2.16. The number of anilines is 1. The third-order valence-electron chi connectivity index (χ3n) is 3.94. The summed E-state index contributed by atoms with van der Waals surface area (Å²) in [6, 6.07) is 8.15. The zero-order valence-corrected chi connectivity index (χ0v) is 13.5. The maximum Gasteiger partial charge on any atom is 0.263 e. The lowest BCUT2D eigenvalue weighted by atomic mass is 10.2. The SMILES string of the molecule is CCN(CC)c1ccc(/C=N/OCC(=O)N2CCCC2)cc1. The van der Waals surface area contributed by atoms with Crippen molar-refractivity contribution in [3.8, 4) is 0 Å². The Bertz CT molecular complexity index is 489. The molecule has 1 amide bonds. The molecular formula is C17H25N3O2. The minimum atomic E-state index is 0.0199. The summed E-state index contributed by atoms with van der Waals surface area (Å²) >= 11 is 0. The molecular weight excluding hydrogens is 278 g/mol. The number of hydrogen-bond acceptors (Lipinski definition) is 4. The van der Waals surface area contributed by atoms with Gasteiger partial charge in [-0.3, -0.25) is 4.79 Å². The van der Waals surface area contributed by atoms with Crippen molar-refractivity contribution in [2.75, 3.05) is 37.7 Å². The Labute approximate surface area is 132 Å². The van der Waals surface area contributed by atoms with Crippen LogP contribution in [0.25, 0.3) is 0 Å². The second-order valence-corrected chi connectivity index (χ2v) is 5.36. The molecule has 0 unspecified atom stereocenters. The van der Waals surface area contributed by atoms with Gasteiger partial charge in [0.15, 0.2) is 6.61 Å². The molecule has 0 spiro atoms. The highest BCUT2D eigenvalue weighted by atomic mass is 16.6. The summed E-state index contributed by atoms with van der Waals surface area (Å²) in [5, 5.41) is 3.88. The van der Waals surface area contributed by atoms with Gasteiger partial charge in [0.1, 0.15) is 0 Å².